The van der Waals surface area contributed by atoms with Crippen LogP contribution in [-0.4, -0.2) is 45.2 Å². The zero-order valence-electron chi connectivity index (χ0n) is 16.2. The highest BCUT2D eigenvalue weighted by Gasteiger charge is 2.63. The molecule has 1 aromatic carbocycles. The molecule has 0 amide bonds. The molecule has 0 saturated heterocycles. The van der Waals surface area contributed by atoms with E-state index in [2.05, 4.69) is 26.0 Å². The lowest BCUT2D eigenvalue weighted by Gasteiger charge is -2.35. The zero-order chi connectivity index (χ0) is 22.2. The Morgan fingerprint density at radius 3 is 2.33 bits per heavy atom. The number of halogens is 1. The monoisotopic (exact) mass is 480 g/mol. The molecule has 0 aromatic heterocycles. The highest BCUT2D eigenvalue weighted by molar-refractivity contribution is 9.10. The van der Waals surface area contributed by atoms with E-state index in [1.54, 1.807) is 12.1 Å². The van der Waals surface area contributed by atoms with Gasteiger partial charge in [-0.15, -0.1) is 0 Å². The lowest BCUT2D eigenvalue weighted by atomic mass is 9.66. The predicted octanol–water partition coefficient (Wildman–Crippen LogP) is 1.00. The maximum atomic E-state index is 13.3. The molecular formula is C19H17BrN2O8. The molecule has 2 heterocycles. The molecule has 0 radical (unpaired) electrons. The van der Waals surface area contributed by atoms with Crippen LogP contribution in [0.2, 0.25) is 0 Å². The molecule has 3 N–H and O–H groups in total. The Hall–Kier alpha value is -3.34. The molecule has 1 atom stereocenters. The van der Waals surface area contributed by atoms with Gasteiger partial charge in [0.15, 0.2) is 5.41 Å². The summed E-state index contributed by atoms with van der Waals surface area (Å²) in [6.45, 7) is 0. The van der Waals surface area contributed by atoms with Gasteiger partial charge in [0.25, 0.3) is 0 Å². The number of rotatable bonds is 4. The number of esters is 4. The average Bonchev–Trinajstić information content (AvgIpc) is 2.99. The van der Waals surface area contributed by atoms with Gasteiger partial charge in [-0.2, -0.15) is 0 Å². The van der Waals surface area contributed by atoms with Gasteiger partial charge < -0.3 is 30.0 Å². The molecule has 2 aliphatic rings. The number of anilines is 1. The van der Waals surface area contributed by atoms with Crippen LogP contribution in [0.3, 0.4) is 0 Å². The molecule has 0 bridgehead atoms. The Labute approximate surface area is 179 Å². The molecule has 1 spiro atoms. The van der Waals surface area contributed by atoms with E-state index in [0.717, 1.165) is 21.3 Å². The third-order valence-corrected chi connectivity index (χ3v) is 5.28. The van der Waals surface area contributed by atoms with Gasteiger partial charge >= 0.3 is 23.9 Å². The van der Waals surface area contributed by atoms with Crippen molar-refractivity contribution in [1.82, 2.24) is 0 Å². The normalized spacial score (nSPS) is 19.8. The van der Waals surface area contributed by atoms with Crippen molar-refractivity contribution in [1.29, 1.82) is 0 Å². The van der Waals surface area contributed by atoms with Crippen molar-refractivity contribution < 1.29 is 38.1 Å². The summed E-state index contributed by atoms with van der Waals surface area (Å²) in [7, 11) is 3.33. The van der Waals surface area contributed by atoms with E-state index in [4.69, 9.17) is 19.9 Å². The standard InChI is InChI=1S/C19H17BrN2O8/c1-27-12(23)7-11-13(16(24)28-2)19(18(26)30-11)9-6-8(20)4-5-10(9)22-15(21)14(19)17(25)29-3/h4-6,22H,7,21H2,1-3H3/t19-/m0/s1. The number of carbonyl (C=O) groups excluding carboxylic acids is 4. The summed E-state index contributed by atoms with van der Waals surface area (Å²) in [6.07, 6.45) is -0.542. The number of fused-ring (bicyclic) bond motifs is 2. The quantitative estimate of drug-likeness (QED) is 0.472. The Balaban J connectivity index is 2.46. The van der Waals surface area contributed by atoms with Crippen molar-refractivity contribution in [2.45, 2.75) is 11.8 Å². The maximum Gasteiger partial charge on any atom is 0.339 e. The number of ether oxygens (including phenoxy) is 4. The van der Waals surface area contributed by atoms with E-state index in [0.29, 0.717) is 10.2 Å². The zero-order valence-corrected chi connectivity index (χ0v) is 17.7. The Morgan fingerprint density at radius 2 is 1.73 bits per heavy atom. The van der Waals surface area contributed by atoms with Gasteiger partial charge in [0.2, 0.25) is 0 Å². The van der Waals surface area contributed by atoms with Crippen LogP contribution in [-0.2, 0) is 43.5 Å². The Morgan fingerprint density at radius 1 is 1.10 bits per heavy atom. The van der Waals surface area contributed by atoms with Crippen molar-refractivity contribution in [2.24, 2.45) is 5.73 Å². The number of carbonyl (C=O) groups is 4. The smallest absolute Gasteiger partial charge is 0.339 e. The minimum atomic E-state index is -2.11. The number of nitrogens with one attached hydrogen (secondary N) is 1. The number of hydrogen-bond acceptors (Lipinski definition) is 10. The van der Waals surface area contributed by atoms with Crippen LogP contribution in [0.15, 0.2) is 45.4 Å². The number of hydrogen-bond donors (Lipinski definition) is 2. The first-order valence-electron chi connectivity index (χ1n) is 8.48. The van der Waals surface area contributed by atoms with Crippen LogP contribution in [0, 0.1) is 0 Å². The first-order valence-corrected chi connectivity index (χ1v) is 9.28. The van der Waals surface area contributed by atoms with Crippen LogP contribution in [0.5, 0.6) is 0 Å². The summed E-state index contributed by atoms with van der Waals surface area (Å²) in [6, 6.07) is 4.80. The summed E-state index contributed by atoms with van der Waals surface area (Å²) in [4.78, 5) is 50.8. The molecule has 3 rings (SSSR count). The second-order valence-electron chi connectivity index (χ2n) is 6.28. The van der Waals surface area contributed by atoms with Gasteiger partial charge in [-0.05, 0) is 18.2 Å². The van der Waals surface area contributed by atoms with Crippen molar-refractivity contribution >= 4 is 45.5 Å². The minimum absolute atomic E-state index is 0.191. The second kappa shape index (κ2) is 7.82. The molecule has 2 aliphatic heterocycles. The topological polar surface area (TPSA) is 143 Å². The van der Waals surface area contributed by atoms with Crippen molar-refractivity contribution in [3.63, 3.8) is 0 Å². The summed E-state index contributed by atoms with van der Waals surface area (Å²) in [5.41, 5.74) is 3.79. The lowest BCUT2D eigenvalue weighted by Crippen LogP contribution is -2.47. The van der Waals surface area contributed by atoms with Gasteiger partial charge in [0.1, 0.15) is 29.1 Å². The predicted molar refractivity (Wildman–Crippen MR) is 104 cm³/mol. The first-order chi connectivity index (χ1) is 14.2. The third-order valence-electron chi connectivity index (χ3n) is 4.79. The van der Waals surface area contributed by atoms with E-state index in [1.165, 1.54) is 6.07 Å². The molecule has 0 aliphatic carbocycles. The van der Waals surface area contributed by atoms with Gasteiger partial charge in [-0.1, -0.05) is 15.9 Å². The van der Waals surface area contributed by atoms with E-state index in [1.807, 2.05) is 0 Å². The Bertz CT molecular complexity index is 1040. The molecular weight excluding hydrogens is 464 g/mol. The van der Waals surface area contributed by atoms with Crippen LogP contribution < -0.4 is 11.1 Å². The number of benzene rings is 1. The summed E-state index contributed by atoms with van der Waals surface area (Å²) in [5, 5.41) is 2.83. The molecule has 10 nitrogen and oxygen atoms in total. The van der Waals surface area contributed by atoms with E-state index in [-0.39, 0.29) is 28.3 Å². The fourth-order valence-electron chi connectivity index (χ4n) is 3.56. The summed E-state index contributed by atoms with van der Waals surface area (Å²) >= 11 is 3.32. The molecule has 0 unspecified atom stereocenters. The largest absolute Gasteiger partial charge is 0.469 e. The molecule has 0 fully saturated rings. The average molecular weight is 481 g/mol. The summed E-state index contributed by atoms with van der Waals surface area (Å²) < 4.78 is 20.2. The third kappa shape index (κ3) is 3.02. The Kier molecular flexibility index (Phi) is 5.57. The van der Waals surface area contributed by atoms with Gasteiger partial charge in [-0.3, -0.25) is 4.79 Å². The van der Waals surface area contributed by atoms with Crippen molar-refractivity contribution in [3.05, 3.63) is 51.0 Å². The highest BCUT2D eigenvalue weighted by atomic mass is 79.9. The van der Waals surface area contributed by atoms with Crippen molar-refractivity contribution in [2.75, 3.05) is 26.6 Å². The molecule has 0 saturated carbocycles. The van der Waals surface area contributed by atoms with Crippen LogP contribution in [0.25, 0.3) is 0 Å². The maximum absolute atomic E-state index is 13.3. The molecule has 30 heavy (non-hydrogen) atoms. The molecule has 1 aromatic rings. The molecule has 158 valence electrons. The van der Waals surface area contributed by atoms with Crippen LogP contribution in [0.4, 0.5) is 5.69 Å². The second-order valence-corrected chi connectivity index (χ2v) is 7.19. The first kappa shape index (κ1) is 21.4. The van der Waals surface area contributed by atoms with Gasteiger partial charge in [0, 0.05) is 15.7 Å². The van der Waals surface area contributed by atoms with Gasteiger partial charge in [0.05, 0.1) is 21.3 Å². The number of cyclic esters (lactones) is 1. The van der Waals surface area contributed by atoms with Crippen LogP contribution in [0.1, 0.15) is 12.0 Å². The van der Waals surface area contributed by atoms with Crippen LogP contribution >= 0.6 is 15.9 Å². The lowest BCUT2D eigenvalue weighted by molar-refractivity contribution is -0.147. The highest BCUT2D eigenvalue weighted by Crippen LogP contribution is 2.53. The number of methoxy groups -OCH3 is 3. The van der Waals surface area contributed by atoms with E-state index < -0.39 is 35.7 Å². The summed E-state index contributed by atoms with van der Waals surface area (Å²) in [5.74, 6) is -4.25. The van der Waals surface area contributed by atoms with E-state index in [9.17, 15) is 19.2 Å². The number of nitrogens with two attached hydrogens (primary N) is 1. The fourth-order valence-corrected chi connectivity index (χ4v) is 3.93. The molecule has 11 heteroatoms. The minimum Gasteiger partial charge on any atom is -0.469 e. The fraction of sp³-hybridized carbons (Fsp3) is 0.263. The van der Waals surface area contributed by atoms with Gasteiger partial charge in [-0.25, -0.2) is 14.4 Å². The van der Waals surface area contributed by atoms with E-state index >= 15 is 0 Å². The SMILES string of the molecule is COC(=O)CC1=C(C(=O)OC)[C@]2(C(=O)O1)C(C(=O)OC)=C(N)Nc1ccc(Br)cc12. The van der Waals surface area contributed by atoms with Crippen molar-refractivity contribution in [3.8, 4) is 0 Å².